The molecule has 11 heteroatoms. The third-order valence-corrected chi connectivity index (χ3v) is 7.11. The maximum Gasteiger partial charge on any atom is 0.244 e. The lowest BCUT2D eigenvalue weighted by atomic mass is 10.1. The van der Waals surface area contributed by atoms with Gasteiger partial charge in [-0.15, -0.1) is 0 Å². The summed E-state index contributed by atoms with van der Waals surface area (Å²) in [5.41, 5.74) is 0.692. The first-order chi connectivity index (χ1) is 15.0. The Hall–Kier alpha value is -2.00. The summed E-state index contributed by atoms with van der Waals surface area (Å²) in [6.45, 7) is 1.21. The van der Waals surface area contributed by atoms with E-state index in [1.54, 1.807) is 31.2 Å². The summed E-state index contributed by atoms with van der Waals surface area (Å²) in [6, 6.07) is 10.6. The zero-order valence-electron chi connectivity index (χ0n) is 17.8. The third-order valence-electron chi connectivity index (χ3n) is 4.81. The number of benzene rings is 2. The minimum Gasteiger partial charge on any atom is -0.357 e. The molecular weight excluding hydrogens is 497 g/mol. The molecule has 7 nitrogen and oxygen atoms in total. The molecule has 2 aromatic rings. The average Bonchev–Trinajstić information content (AvgIpc) is 2.74. The molecule has 0 spiro atoms. The molecule has 0 aliphatic rings. The minimum atomic E-state index is -3.91. The van der Waals surface area contributed by atoms with E-state index in [2.05, 4.69) is 5.32 Å². The van der Waals surface area contributed by atoms with Crippen LogP contribution >= 0.6 is 34.8 Å². The molecule has 0 saturated heterocycles. The molecule has 1 N–H and O–H groups in total. The number of carbonyl (C=O) groups is 2. The second-order valence-corrected chi connectivity index (χ2v) is 10.1. The summed E-state index contributed by atoms with van der Waals surface area (Å²) in [6.07, 6.45) is 1.28. The normalized spacial score (nSPS) is 12.2. The van der Waals surface area contributed by atoms with Crippen molar-refractivity contribution in [3.05, 3.63) is 63.1 Å². The number of halogens is 3. The molecule has 174 valence electrons. The van der Waals surface area contributed by atoms with Crippen LogP contribution < -0.4 is 9.62 Å². The number of likely N-dealkylation sites (N-methyl/N-ethyl adjacent to an activating group) is 1. The standard InChI is InChI=1S/C21H24Cl3N3O4S/c1-4-17(21(29)25-2)26(12-14-8-5-6-9-15(14)22)19(28)13-27(32(3,30)31)18-11-7-10-16(23)20(18)24/h5-11,17H,4,12-13H2,1-3H3,(H,25,29)/t17-/m0/s1. The van der Waals surface area contributed by atoms with Crippen LogP contribution in [0.25, 0.3) is 0 Å². The Morgan fingerprint density at radius 2 is 1.66 bits per heavy atom. The van der Waals surface area contributed by atoms with E-state index in [1.165, 1.54) is 30.1 Å². The monoisotopic (exact) mass is 519 g/mol. The van der Waals surface area contributed by atoms with Gasteiger partial charge >= 0.3 is 0 Å². The molecule has 2 aromatic carbocycles. The Morgan fingerprint density at radius 3 is 2.22 bits per heavy atom. The van der Waals surface area contributed by atoms with E-state index in [0.29, 0.717) is 17.0 Å². The Bertz CT molecular complexity index is 1100. The van der Waals surface area contributed by atoms with Gasteiger partial charge in [0, 0.05) is 18.6 Å². The van der Waals surface area contributed by atoms with Crippen molar-refractivity contribution in [1.29, 1.82) is 0 Å². The predicted octanol–water partition coefficient (Wildman–Crippen LogP) is 3.97. The highest BCUT2D eigenvalue weighted by molar-refractivity contribution is 7.92. The molecule has 0 aliphatic carbocycles. The number of carbonyl (C=O) groups excluding carboxylic acids is 2. The third kappa shape index (κ3) is 6.28. The number of amides is 2. The van der Waals surface area contributed by atoms with Crippen LogP contribution in [0.3, 0.4) is 0 Å². The quantitative estimate of drug-likeness (QED) is 0.542. The Kier molecular flexibility index (Phi) is 9.21. The second kappa shape index (κ2) is 11.2. The van der Waals surface area contributed by atoms with E-state index in [0.717, 1.165) is 10.6 Å². The van der Waals surface area contributed by atoms with Crippen molar-refractivity contribution >= 4 is 62.3 Å². The van der Waals surface area contributed by atoms with Crippen molar-refractivity contribution in [1.82, 2.24) is 10.2 Å². The van der Waals surface area contributed by atoms with Crippen molar-refractivity contribution in [2.75, 3.05) is 24.2 Å². The number of nitrogens with one attached hydrogen (secondary N) is 1. The molecule has 2 amide bonds. The SMILES string of the molecule is CC[C@@H](C(=O)NC)N(Cc1ccccc1Cl)C(=O)CN(c1cccc(Cl)c1Cl)S(C)(=O)=O. The number of hydrogen-bond acceptors (Lipinski definition) is 4. The molecule has 1 atom stereocenters. The lowest BCUT2D eigenvalue weighted by Crippen LogP contribution is -2.51. The highest BCUT2D eigenvalue weighted by Gasteiger charge is 2.32. The van der Waals surface area contributed by atoms with Gasteiger partial charge in [0.25, 0.3) is 0 Å². The van der Waals surface area contributed by atoms with Gasteiger partial charge in [0.2, 0.25) is 21.8 Å². The summed E-state index contributed by atoms with van der Waals surface area (Å²) in [4.78, 5) is 27.3. The summed E-state index contributed by atoms with van der Waals surface area (Å²) in [5, 5.41) is 3.12. The number of sulfonamides is 1. The molecule has 0 heterocycles. The van der Waals surface area contributed by atoms with E-state index >= 15 is 0 Å². The van der Waals surface area contributed by atoms with Crippen LogP contribution in [0.15, 0.2) is 42.5 Å². The van der Waals surface area contributed by atoms with Crippen molar-refractivity contribution in [3.63, 3.8) is 0 Å². The highest BCUT2D eigenvalue weighted by Crippen LogP contribution is 2.34. The van der Waals surface area contributed by atoms with Gasteiger partial charge in [0.15, 0.2) is 0 Å². The fraction of sp³-hybridized carbons (Fsp3) is 0.333. The summed E-state index contributed by atoms with van der Waals surface area (Å²) >= 11 is 18.5. The topological polar surface area (TPSA) is 86.8 Å². The first-order valence-electron chi connectivity index (χ1n) is 9.67. The van der Waals surface area contributed by atoms with E-state index in [-0.39, 0.29) is 28.2 Å². The van der Waals surface area contributed by atoms with Crippen LogP contribution in [-0.4, -0.2) is 51.0 Å². The maximum atomic E-state index is 13.4. The largest absolute Gasteiger partial charge is 0.357 e. The van der Waals surface area contributed by atoms with Crippen LogP contribution in [0, 0.1) is 0 Å². The van der Waals surface area contributed by atoms with Gasteiger partial charge in [-0.3, -0.25) is 13.9 Å². The fourth-order valence-corrected chi connectivity index (χ4v) is 4.67. The number of rotatable bonds is 9. The smallest absolute Gasteiger partial charge is 0.244 e. The van der Waals surface area contributed by atoms with E-state index in [4.69, 9.17) is 34.8 Å². The van der Waals surface area contributed by atoms with Gasteiger partial charge in [-0.2, -0.15) is 0 Å². The minimum absolute atomic E-state index is 0.00314. The molecule has 32 heavy (non-hydrogen) atoms. The Morgan fingerprint density at radius 1 is 1.03 bits per heavy atom. The Labute approximate surface area is 203 Å². The van der Waals surface area contributed by atoms with Crippen LogP contribution in [0.1, 0.15) is 18.9 Å². The zero-order chi connectivity index (χ0) is 24.1. The van der Waals surface area contributed by atoms with Gasteiger partial charge in [-0.25, -0.2) is 8.42 Å². The van der Waals surface area contributed by atoms with Crippen molar-refractivity contribution in [2.45, 2.75) is 25.9 Å². The number of anilines is 1. The number of hydrogen-bond donors (Lipinski definition) is 1. The molecule has 0 saturated carbocycles. The van der Waals surface area contributed by atoms with E-state index < -0.39 is 28.5 Å². The van der Waals surface area contributed by atoms with Crippen LogP contribution in [0.5, 0.6) is 0 Å². The van der Waals surface area contributed by atoms with Crippen LogP contribution in [-0.2, 0) is 26.2 Å². The van der Waals surface area contributed by atoms with Gasteiger partial charge in [0.1, 0.15) is 12.6 Å². The molecular formula is C21H24Cl3N3O4S. The van der Waals surface area contributed by atoms with Crippen LogP contribution in [0.4, 0.5) is 5.69 Å². The fourth-order valence-electron chi connectivity index (χ4n) is 3.18. The summed E-state index contributed by atoms with van der Waals surface area (Å²) in [5.74, 6) is -0.971. The number of nitrogens with zero attached hydrogens (tertiary/aromatic N) is 2. The maximum absolute atomic E-state index is 13.4. The molecule has 0 radical (unpaired) electrons. The zero-order valence-corrected chi connectivity index (χ0v) is 20.9. The highest BCUT2D eigenvalue weighted by atomic mass is 35.5. The molecule has 0 aliphatic heterocycles. The lowest BCUT2D eigenvalue weighted by molar-refractivity contribution is -0.140. The van der Waals surface area contributed by atoms with E-state index in [1.807, 2.05) is 0 Å². The van der Waals surface area contributed by atoms with Gasteiger partial charge < -0.3 is 10.2 Å². The molecule has 2 rings (SSSR count). The van der Waals surface area contributed by atoms with Crippen molar-refractivity contribution in [2.24, 2.45) is 0 Å². The molecule has 0 bridgehead atoms. The van der Waals surface area contributed by atoms with Gasteiger partial charge in [-0.05, 0) is 30.2 Å². The molecule has 0 fully saturated rings. The molecule has 0 unspecified atom stereocenters. The Balaban J connectivity index is 2.49. The van der Waals surface area contributed by atoms with Crippen molar-refractivity contribution in [3.8, 4) is 0 Å². The summed E-state index contributed by atoms with van der Waals surface area (Å²) < 4.78 is 26.0. The van der Waals surface area contributed by atoms with Gasteiger partial charge in [0.05, 0.1) is 22.0 Å². The summed E-state index contributed by atoms with van der Waals surface area (Å²) in [7, 11) is -2.44. The van der Waals surface area contributed by atoms with E-state index in [9.17, 15) is 18.0 Å². The first kappa shape index (κ1) is 26.3. The van der Waals surface area contributed by atoms with Crippen molar-refractivity contribution < 1.29 is 18.0 Å². The second-order valence-electron chi connectivity index (χ2n) is 6.99. The molecule has 0 aromatic heterocycles. The predicted molar refractivity (Wildman–Crippen MR) is 129 cm³/mol. The average molecular weight is 521 g/mol. The first-order valence-corrected chi connectivity index (χ1v) is 12.7. The lowest BCUT2D eigenvalue weighted by Gasteiger charge is -2.33. The van der Waals surface area contributed by atoms with Crippen LogP contribution in [0.2, 0.25) is 15.1 Å². The van der Waals surface area contributed by atoms with Gasteiger partial charge in [-0.1, -0.05) is 66.0 Å².